The summed E-state index contributed by atoms with van der Waals surface area (Å²) in [6.45, 7) is 0. The second-order valence-corrected chi connectivity index (χ2v) is 5.76. The molecule has 0 saturated heterocycles. The van der Waals surface area contributed by atoms with Gasteiger partial charge in [-0.05, 0) is 24.3 Å². The first-order chi connectivity index (χ1) is 10.1. The number of pyridine rings is 1. The lowest BCUT2D eigenvalue weighted by molar-refractivity contribution is 0.596. The van der Waals surface area contributed by atoms with Gasteiger partial charge in [-0.2, -0.15) is 13.5 Å². The van der Waals surface area contributed by atoms with Crippen molar-refractivity contribution in [3.63, 3.8) is 0 Å². The average molecular weight is 304 g/mol. The molecule has 0 spiro atoms. The summed E-state index contributed by atoms with van der Waals surface area (Å²) in [5, 5.41) is 10.2. The molecule has 3 rings (SSSR count). The van der Waals surface area contributed by atoms with Crippen LogP contribution in [0.25, 0.3) is 5.65 Å². The zero-order valence-electron chi connectivity index (χ0n) is 11.1. The smallest absolute Gasteiger partial charge is 0.282 e. The van der Waals surface area contributed by atoms with E-state index in [0.717, 1.165) is 0 Å². The maximum Gasteiger partial charge on any atom is 0.282 e. The van der Waals surface area contributed by atoms with E-state index in [1.54, 1.807) is 37.5 Å². The van der Waals surface area contributed by atoms with E-state index in [-0.39, 0.29) is 16.7 Å². The zero-order chi connectivity index (χ0) is 14.9. The number of sulfonamides is 1. The minimum atomic E-state index is -3.85. The van der Waals surface area contributed by atoms with E-state index >= 15 is 0 Å². The third-order valence-corrected chi connectivity index (χ3v) is 4.17. The minimum absolute atomic E-state index is 0.0197. The van der Waals surface area contributed by atoms with Gasteiger partial charge in [0.25, 0.3) is 10.0 Å². The lowest BCUT2D eigenvalue weighted by Gasteiger charge is -2.07. The quantitative estimate of drug-likeness (QED) is 0.744. The second-order valence-electron chi connectivity index (χ2n) is 4.16. The molecule has 8 nitrogen and oxygen atoms in total. The van der Waals surface area contributed by atoms with Crippen molar-refractivity contribution >= 4 is 27.3 Å². The number of nitrogens with one attached hydrogen (secondary N) is 2. The Morgan fingerprint density at radius 2 is 2.05 bits per heavy atom. The van der Waals surface area contributed by atoms with Crippen molar-refractivity contribution in [2.45, 2.75) is 5.03 Å². The molecular weight excluding hydrogens is 292 g/mol. The fourth-order valence-corrected chi connectivity index (χ4v) is 3.23. The van der Waals surface area contributed by atoms with Gasteiger partial charge in [-0.3, -0.25) is 9.12 Å². The van der Waals surface area contributed by atoms with E-state index in [1.807, 2.05) is 0 Å². The molecule has 9 heteroatoms. The van der Waals surface area contributed by atoms with Crippen molar-refractivity contribution < 1.29 is 8.42 Å². The number of anilines is 2. The fourth-order valence-electron chi connectivity index (χ4n) is 1.93. The molecule has 3 heterocycles. The predicted octanol–water partition coefficient (Wildman–Crippen LogP) is 0.967. The zero-order valence-corrected chi connectivity index (χ0v) is 11.9. The van der Waals surface area contributed by atoms with Crippen LogP contribution in [0.3, 0.4) is 0 Å². The van der Waals surface area contributed by atoms with E-state index < -0.39 is 10.0 Å². The fraction of sp³-hybridized carbons (Fsp3) is 0.0833. The molecule has 0 bridgehead atoms. The van der Waals surface area contributed by atoms with Crippen molar-refractivity contribution in [2.75, 3.05) is 17.1 Å². The number of hydrogen-bond donors (Lipinski definition) is 2. The average Bonchev–Trinajstić information content (AvgIpc) is 2.87. The Bertz CT molecular complexity index is 875. The molecule has 0 amide bonds. The van der Waals surface area contributed by atoms with E-state index in [2.05, 4.69) is 25.2 Å². The Hall–Kier alpha value is -2.68. The third-order valence-electron chi connectivity index (χ3n) is 2.79. The standard InChI is InChI=1S/C12H12N6O2S/c1-13-11-12(18-8-3-2-6-10(18)15-11)21(19,20)17-9-5-4-7-14-16-9/h2-8,13H,1H3,(H,16,17). The van der Waals surface area contributed by atoms with Crippen molar-refractivity contribution in [3.8, 4) is 0 Å². The summed E-state index contributed by atoms with van der Waals surface area (Å²) in [6, 6.07) is 8.36. The molecule has 2 N–H and O–H groups in total. The number of fused-ring (bicyclic) bond motifs is 1. The van der Waals surface area contributed by atoms with Crippen molar-refractivity contribution in [1.29, 1.82) is 0 Å². The van der Waals surface area contributed by atoms with Gasteiger partial charge in [0.1, 0.15) is 5.65 Å². The van der Waals surface area contributed by atoms with Gasteiger partial charge >= 0.3 is 0 Å². The van der Waals surface area contributed by atoms with Crippen LogP contribution in [0.15, 0.2) is 47.8 Å². The summed E-state index contributed by atoms with van der Waals surface area (Å²) in [7, 11) is -2.24. The second kappa shape index (κ2) is 5.02. The number of imidazole rings is 1. The minimum Gasteiger partial charge on any atom is -0.371 e. The Labute approximate surface area is 120 Å². The van der Waals surface area contributed by atoms with Crippen LogP contribution in [0.5, 0.6) is 0 Å². The SMILES string of the molecule is CNc1nc2ccccn2c1S(=O)(=O)Nc1cccnn1. The summed E-state index contributed by atoms with van der Waals surface area (Å²) in [5.74, 6) is 0.406. The van der Waals surface area contributed by atoms with Gasteiger partial charge in [0.15, 0.2) is 11.6 Å². The number of nitrogens with zero attached hydrogens (tertiary/aromatic N) is 4. The first-order valence-corrected chi connectivity index (χ1v) is 7.55. The molecule has 0 aliphatic rings. The van der Waals surface area contributed by atoms with Crippen LogP contribution < -0.4 is 10.0 Å². The lowest BCUT2D eigenvalue weighted by Crippen LogP contribution is -2.17. The molecule has 0 aliphatic heterocycles. The van der Waals surface area contributed by atoms with Gasteiger partial charge in [0.2, 0.25) is 5.03 Å². The first kappa shape index (κ1) is 13.3. The highest BCUT2D eigenvalue weighted by atomic mass is 32.2. The summed E-state index contributed by atoms with van der Waals surface area (Å²) in [5.41, 5.74) is 0.529. The van der Waals surface area contributed by atoms with Crippen LogP contribution in [0.4, 0.5) is 11.6 Å². The van der Waals surface area contributed by atoms with Gasteiger partial charge < -0.3 is 5.32 Å². The monoisotopic (exact) mass is 304 g/mol. The molecule has 0 atom stereocenters. The summed E-state index contributed by atoms with van der Waals surface area (Å²) >= 11 is 0. The van der Waals surface area contributed by atoms with E-state index in [9.17, 15) is 8.42 Å². The molecule has 3 aromatic heterocycles. The molecule has 0 aliphatic carbocycles. The maximum atomic E-state index is 12.6. The van der Waals surface area contributed by atoms with Crippen molar-refractivity contribution in [1.82, 2.24) is 19.6 Å². The van der Waals surface area contributed by atoms with E-state index in [0.29, 0.717) is 5.65 Å². The summed E-state index contributed by atoms with van der Waals surface area (Å²) < 4.78 is 29.0. The highest BCUT2D eigenvalue weighted by Crippen LogP contribution is 2.23. The topological polar surface area (TPSA) is 101 Å². The Balaban J connectivity index is 2.14. The molecule has 3 aromatic rings. The third kappa shape index (κ3) is 2.38. The van der Waals surface area contributed by atoms with Crippen LogP contribution >= 0.6 is 0 Å². The molecule has 108 valence electrons. The van der Waals surface area contributed by atoms with Gasteiger partial charge in [-0.25, -0.2) is 4.98 Å². The Morgan fingerprint density at radius 1 is 1.19 bits per heavy atom. The number of rotatable bonds is 4. The number of aromatic nitrogens is 4. The highest BCUT2D eigenvalue weighted by Gasteiger charge is 2.25. The largest absolute Gasteiger partial charge is 0.371 e. The van der Waals surface area contributed by atoms with Crippen LogP contribution in [0.1, 0.15) is 0 Å². The molecule has 0 fully saturated rings. The van der Waals surface area contributed by atoms with Crippen LogP contribution in [-0.2, 0) is 10.0 Å². The Morgan fingerprint density at radius 3 is 2.76 bits per heavy atom. The van der Waals surface area contributed by atoms with Crippen molar-refractivity contribution in [2.24, 2.45) is 0 Å². The van der Waals surface area contributed by atoms with E-state index in [1.165, 1.54) is 16.7 Å². The molecule has 0 aromatic carbocycles. The normalized spacial score (nSPS) is 11.5. The predicted molar refractivity (Wildman–Crippen MR) is 77.6 cm³/mol. The van der Waals surface area contributed by atoms with E-state index in [4.69, 9.17) is 0 Å². The van der Waals surface area contributed by atoms with Crippen LogP contribution in [0, 0.1) is 0 Å². The Kier molecular flexibility index (Phi) is 3.18. The molecule has 0 saturated carbocycles. The van der Waals surface area contributed by atoms with Gasteiger partial charge in [-0.1, -0.05) is 6.07 Å². The maximum absolute atomic E-state index is 12.6. The molecule has 0 radical (unpaired) electrons. The summed E-state index contributed by atoms with van der Waals surface area (Å²) in [6.07, 6.45) is 3.10. The van der Waals surface area contributed by atoms with Crippen LogP contribution in [-0.4, -0.2) is 35.0 Å². The molecule has 21 heavy (non-hydrogen) atoms. The number of hydrogen-bond acceptors (Lipinski definition) is 6. The molecule has 0 unspecified atom stereocenters. The first-order valence-electron chi connectivity index (χ1n) is 6.07. The van der Waals surface area contributed by atoms with Gasteiger partial charge in [0, 0.05) is 19.4 Å². The van der Waals surface area contributed by atoms with Crippen LogP contribution in [0.2, 0.25) is 0 Å². The lowest BCUT2D eigenvalue weighted by atomic mass is 10.5. The molecular formula is C12H12N6O2S. The van der Waals surface area contributed by atoms with Crippen molar-refractivity contribution in [3.05, 3.63) is 42.7 Å². The summed E-state index contributed by atoms with van der Waals surface area (Å²) in [4.78, 5) is 4.24. The van der Waals surface area contributed by atoms with Gasteiger partial charge in [0.05, 0.1) is 0 Å². The van der Waals surface area contributed by atoms with Gasteiger partial charge in [-0.15, -0.1) is 5.10 Å². The highest BCUT2D eigenvalue weighted by molar-refractivity contribution is 7.92.